The minimum atomic E-state index is -3.14. The molecule has 3 aromatic rings. The minimum absolute atomic E-state index is 0.00117. The van der Waals surface area contributed by atoms with E-state index in [1.54, 1.807) is 17.0 Å². The minimum Gasteiger partial charge on any atom is -0.444 e. The third kappa shape index (κ3) is 4.24. The number of hydrogen-bond donors (Lipinski definition) is 0. The third-order valence-electron chi connectivity index (χ3n) is 7.65. The summed E-state index contributed by atoms with van der Waals surface area (Å²) < 4.78 is 63.4. The number of carbonyl (C=O) groups is 2. The topological polar surface area (TPSA) is 76.9 Å². The SMILES string of the molecule is [2H]C([2H])([2H])N1C(=O)c2cccc(OC(F)F)c2[C@H]2C[C@@H]1c1nc3ccc(C#CC4CN(C(=O)OC(C)(C)C)C4C)cc3n12. The van der Waals surface area contributed by atoms with Gasteiger partial charge in [0.25, 0.3) is 5.91 Å². The number of nitrogens with zero attached hydrogens (tertiary/aromatic N) is 4. The fourth-order valence-electron chi connectivity index (χ4n) is 5.70. The van der Waals surface area contributed by atoms with Crippen LogP contribution in [-0.4, -0.2) is 63.1 Å². The Bertz CT molecular complexity index is 1710. The Labute approximate surface area is 235 Å². The molecule has 6 rings (SSSR count). The second-order valence-corrected chi connectivity index (χ2v) is 11.3. The Morgan fingerprint density at radius 3 is 2.73 bits per heavy atom. The Balaban J connectivity index is 1.39. The summed E-state index contributed by atoms with van der Waals surface area (Å²) in [5.74, 6) is 5.74. The third-order valence-corrected chi connectivity index (χ3v) is 7.65. The molecule has 0 spiro atoms. The summed E-state index contributed by atoms with van der Waals surface area (Å²) in [7, 11) is 0. The number of imidazole rings is 1. The van der Waals surface area contributed by atoms with Gasteiger partial charge in [0, 0.05) is 46.8 Å². The van der Waals surface area contributed by atoms with Crippen LogP contribution in [0.4, 0.5) is 13.6 Å². The molecule has 0 N–H and O–H groups in total. The highest BCUT2D eigenvalue weighted by atomic mass is 19.3. The number of carbonyl (C=O) groups excluding carboxylic acids is 2. The number of rotatable bonds is 2. The number of benzene rings is 2. The van der Waals surface area contributed by atoms with Gasteiger partial charge < -0.3 is 23.8 Å². The van der Waals surface area contributed by atoms with Crippen molar-refractivity contribution in [1.82, 2.24) is 19.4 Å². The molecule has 0 saturated carbocycles. The van der Waals surface area contributed by atoms with E-state index in [1.807, 2.05) is 38.3 Å². The summed E-state index contributed by atoms with van der Waals surface area (Å²) >= 11 is 0. The van der Waals surface area contributed by atoms with Crippen molar-refractivity contribution in [3.05, 3.63) is 58.9 Å². The van der Waals surface area contributed by atoms with Crippen molar-refractivity contribution in [2.75, 3.05) is 13.5 Å². The Kier molecular flexibility index (Phi) is 5.22. The average molecular weight is 552 g/mol. The van der Waals surface area contributed by atoms with Crippen molar-refractivity contribution < 1.29 is 32.0 Å². The van der Waals surface area contributed by atoms with E-state index >= 15 is 0 Å². The van der Waals surface area contributed by atoms with Gasteiger partial charge in [-0.25, -0.2) is 9.78 Å². The van der Waals surface area contributed by atoms with Gasteiger partial charge in [0.15, 0.2) is 0 Å². The van der Waals surface area contributed by atoms with Crippen LogP contribution in [-0.2, 0) is 4.74 Å². The zero-order chi connectivity index (χ0) is 31.0. The second-order valence-electron chi connectivity index (χ2n) is 11.3. The maximum Gasteiger partial charge on any atom is 0.410 e. The second kappa shape index (κ2) is 9.22. The molecular weight excluding hydrogens is 518 g/mol. The highest BCUT2D eigenvalue weighted by molar-refractivity contribution is 5.97. The summed E-state index contributed by atoms with van der Waals surface area (Å²) in [5, 5.41) is 0. The largest absolute Gasteiger partial charge is 0.444 e. The van der Waals surface area contributed by atoms with Gasteiger partial charge in [0.1, 0.15) is 17.2 Å². The van der Waals surface area contributed by atoms with Gasteiger partial charge >= 0.3 is 12.7 Å². The molecule has 4 atom stereocenters. The molecule has 1 fully saturated rings. The summed E-state index contributed by atoms with van der Waals surface area (Å²) in [4.78, 5) is 33.1. The lowest BCUT2D eigenvalue weighted by Gasteiger charge is -2.43. The molecule has 10 heteroatoms. The molecule has 208 valence electrons. The van der Waals surface area contributed by atoms with Crippen LogP contribution in [0.2, 0.25) is 0 Å². The predicted molar refractivity (Wildman–Crippen MR) is 143 cm³/mol. The molecule has 2 amide bonds. The Morgan fingerprint density at radius 1 is 1.23 bits per heavy atom. The van der Waals surface area contributed by atoms with Gasteiger partial charge in [-0.1, -0.05) is 17.9 Å². The van der Waals surface area contributed by atoms with E-state index in [2.05, 4.69) is 11.8 Å². The molecular formula is C30H30F2N4O4. The van der Waals surface area contributed by atoms with Crippen molar-refractivity contribution >= 4 is 23.0 Å². The molecule has 8 nitrogen and oxygen atoms in total. The van der Waals surface area contributed by atoms with Crippen molar-refractivity contribution in [1.29, 1.82) is 0 Å². The quantitative estimate of drug-likeness (QED) is 0.401. The fourth-order valence-corrected chi connectivity index (χ4v) is 5.70. The van der Waals surface area contributed by atoms with Gasteiger partial charge in [0.2, 0.25) is 0 Å². The van der Waals surface area contributed by atoms with Crippen LogP contribution >= 0.6 is 0 Å². The molecule has 2 aromatic carbocycles. The molecule has 2 unspecified atom stereocenters. The molecule has 1 saturated heterocycles. The normalized spacial score (nSPS) is 24.7. The van der Waals surface area contributed by atoms with Crippen LogP contribution in [0.3, 0.4) is 0 Å². The van der Waals surface area contributed by atoms with Crippen LogP contribution in [0.5, 0.6) is 5.75 Å². The zero-order valence-electron chi connectivity index (χ0n) is 25.4. The molecule has 3 aliphatic rings. The summed E-state index contributed by atoms with van der Waals surface area (Å²) in [6.45, 7) is 1.86. The first-order valence-corrected chi connectivity index (χ1v) is 13.1. The van der Waals surface area contributed by atoms with E-state index in [1.165, 1.54) is 18.2 Å². The van der Waals surface area contributed by atoms with Crippen LogP contribution in [0.15, 0.2) is 36.4 Å². The zero-order valence-corrected chi connectivity index (χ0v) is 22.4. The molecule has 40 heavy (non-hydrogen) atoms. The molecule has 4 heterocycles. The number of alkyl halides is 2. The molecule has 0 aliphatic carbocycles. The van der Waals surface area contributed by atoms with E-state index < -0.39 is 37.2 Å². The lowest BCUT2D eigenvalue weighted by atomic mass is 9.91. The lowest BCUT2D eigenvalue weighted by Crippen LogP contribution is -2.57. The smallest absolute Gasteiger partial charge is 0.410 e. The molecule has 0 radical (unpaired) electrons. The van der Waals surface area contributed by atoms with E-state index in [4.69, 9.17) is 18.6 Å². The lowest BCUT2D eigenvalue weighted by molar-refractivity contribution is -0.0507. The van der Waals surface area contributed by atoms with E-state index in [0.29, 0.717) is 29.0 Å². The fraction of sp³-hybridized carbons (Fsp3) is 0.433. The maximum absolute atomic E-state index is 13.6. The van der Waals surface area contributed by atoms with E-state index in [-0.39, 0.29) is 41.4 Å². The number of aromatic nitrogens is 2. The highest BCUT2D eigenvalue weighted by Crippen LogP contribution is 2.50. The van der Waals surface area contributed by atoms with Crippen LogP contribution in [0.1, 0.15) is 77.6 Å². The molecule has 2 bridgehead atoms. The first-order valence-electron chi connectivity index (χ1n) is 14.6. The van der Waals surface area contributed by atoms with Crippen LogP contribution in [0, 0.1) is 17.8 Å². The van der Waals surface area contributed by atoms with E-state index in [0.717, 1.165) is 4.90 Å². The Hall–Kier alpha value is -4.13. The maximum atomic E-state index is 13.6. The monoisotopic (exact) mass is 551 g/mol. The molecule has 3 aliphatic heterocycles. The summed E-state index contributed by atoms with van der Waals surface area (Å²) in [6.07, 6.45) is -0.244. The number of hydrogen-bond acceptors (Lipinski definition) is 5. The standard InChI is InChI=1S/C30H30F2N4O4/c1-16-18(15-35(16)29(38)40-30(2,3)4)11-9-17-10-12-20-21(13-17)36-22-14-23(26(36)33-20)34(5)27(37)19-7-6-8-24(25(19)22)39-28(31)32/h6-8,10,12-13,16,18,22-23,28H,14-15H2,1-5H3/t16?,18?,22-,23-/m1/s1/i5D3. The van der Waals surface area contributed by atoms with Crippen molar-refractivity contribution in [2.24, 2.45) is 5.92 Å². The van der Waals surface area contributed by atoms with Crippen molar-refractivity contribution in [2.45, 2.75) is 64.5 Å². The average Bonchev–Trinajstić information content (AvgIpc) is 3.38. The first kappa shape index (κ1) is 22.7. The van der Waals surface area contributed by atoms with Crippen molar-refractivity contribution in [3.8, 4) is 17.6 Å². The van der Waals surface area contributed by atoms with Gasteiger partial charge in [-0.2, -0.15) is 8.78 Å². The van der Waals surface area contributed by atoms with Gasteiger partial charge in [-0.15, -0.1) is 0 Å². The number of likely N-dealkylation sites (tertiary alicyclic amines) is 1. The summed E-state index contributed by atoms with van der Waals surface area (Å²) in [5.41, 5.74) is 1.45. The van der Waals surface area contributed by atoms with Gasteiger partial charge in [-0.3, -0.25) is 4.79 Å². The first-order chi connectivity index (χ1) is 20.1. The number of ether oxygens (including phenoxy) is 2. The Morgan fingerprint density at radius 2 is 2.02 bits per heavy atom. The van der Waals surface area contributed by atoms with E-state index in [9.17, 15) is 18.4 Å². The molecule has 1 aromatic heterocycles. The number of halogens is 2. The highest BCUT2D eigenvalue weighted by Gasteiger charge is 2.45. The summed E-state index contributed by atoms with van der Waals surface area (Å²) in [6, 6.07) is 7.86. The van der Waals surface area contributed by atoms with Crippen LogP contribution in [0.25, 0.3) is 11.0 Å². The number of amides is 2. The predicted octanol–water partition coefficient (Wildman–Crippen LogP) is 5.36. The van der Waals surface area contributed by atoms with Gasteiger partial charge in [-0.05, 0) is 58.0 Å². The number of fused-ring (bicyclic) bond motifs is 9. The van der Waals surface area contributed by atoms with Crippen LogP contribution < -0.4 is 4.74 Å². The van der Waals surface area contributed by atoms with Gasteiger partial charge in [0.05, 0.1) is 29.0 Å². The van der Waals surface area contributed by atoms with Crippen molar-refractivity contribution in [3.63, 3.8) is 0 Å².